The first-order valence-electron chi connectivity index (χ1n) is 10.3. The van der Waals surface area contributed by atoms with Crippen molar-refractivity contribution in [2.24, 2.45) is 0 Å². The van der Waals surface area contributed by atoms with Crippen LogP contribution in [-0.4, -0.2) is 33.7 Å². The third-order valence-corrected chi connectivity index (χ3v) is 5.12. The summed E-state index contributed by atoms with van der Waals surface area (Å²) in [5.74, 6) is 0.603. The van der Waals surface area contributed by atoms with Crippen LogP contribution in [0, 0.1) is 5.82 Å². The normalized spacial score (nSPS) is 11.0. The van der Waals surface area contributed by atoms with Gasteiger partial charge in [-0.25, -0.2) is 9.07 Å². The van der Waals surface area contributed by atoms with Crippen LogP contribution in [0.5, 0.6) is 11.6 Å². The van der Waals surface area contributed by atoms with Crippen LogP contribution in [0.1, 0.15) is 38.4 Å². The van der Waals surface area contributed by atoms with Crippen molar-refractivity contribution in [1.82, 2.24) is 14.7 Å². The van der Waals surface area contributed by atoms with Crippen LogP contribution >= 0.6 is 0 Å². The molecule has 0 saturated heterocycles. The lowest BCUT2D eigenvalue weighted by atomic mass is 10.1. The summed E-state index contributed by atoms with van der Waals surface area (Å²) in [5.41, 5.74) is 2.58. The van der Waals surface area contributed by atoms with E-state index in [0.29, 0.717) is 30.9 Å². The van der Waals surface area contributed by atoms with Gasteiger partial charge >= 0.3 is 0 Å². The summed E-state index contributed by atoms with van der Waals surface area (Å²) in [5, 5.41) is 4.75. The van der Waals surface area contributed by atoms with Crippen molar-refractivity contribution in [1.29, 1.82) is 0 Å². The van der Waals surface area contributed by atoms with E-state index in [4.69, 9.17) is 9.84 Å². The molecule has 0 aliphatic rings. The highest BCUT2D eigenvalue weighted by Crippen LogP contribution is 2.32. The molecule has 0 spiro atoms. The maximum atomic E-state index is 13.7. The molecule has 158 valence electrons. The van der Waals surface area contributed by atoms with Gasteiger partial charge in [0.2, 0.25) is 11.8 Å². The smallest absolute Gasteiger partial charge is 0.226 e. The minimum Gasteiger partial charge on any atom is -0.439 e. The molecule has 0 aliphatic heterocycles. The number of benzene rings is 2. The average molecular weight is 410 g/mol. The zero-order valence-corrected chi connectivity index (χ0v) is 17.9. The second-order valence-electron chi connectivity index (χ2n) is 7.49. The van der Waals surface area contributed by atoms with Crippen molar-refractivity contribution in [2.75, 3.05) is 7.05 Å². The maximum absolute atomic E-state index is 13.7. The number of halogens is 1. The fraction of sp³-hybridized carbons (Fsp3) is 0.333. The number of hydrogen-bond acceptors (Lipinski definition) is 3. The van der Waals surface area contributed by atoms with Gasteiger partial charge in [0.1, 0.15) is 11.6 Å². The Morgan fingerprint density at radius 1 is 1.17 bits per heavy atom. The van der Waals surface area contributed by atoms with Crippen LogP contribution in [-0.2, 0) is 17.6 Å². The van der Waals surface area contributed by atoms with Crippen molar-refractivity contribution in [3.8, 4) is 17.3 Å². The predicted molar refractivity (Wildman–Crippen MR) is 116 cm³/mol. The summed E-state index contributed by atoms with van der Waals surface area (Å²) in [7, 11) is 1.81. The summed E-state index contributed by atoms with van der Waals surface area (Å²) < 4.78 is 21.6. The highest BCUT2D eigenvalue weighted by atomic mass is 19.1. The molecule has 1 heterocycles. The molecule has 0 unspecified atom stereocenters. The van der Waals surface area contributed by atoms with Gasteiger partial charge in [-0.2, -0.15) is 5.10 Å². The zero-order valence-electron chi connectivity index (χ0n) is 17.9. The Bertz CT molecular complexity index is 999. The Morgan fingerprint density at radius 3 is 2.53 bits per heavy atom. The molecule has 3 aromatic rings. The molecule has 1 amide bonds. The summed E-state index contributed by atoms with van der Waals surface area (Å²) in [6.07, 6.45) is 1.54. The third-order valence-electron chi connectivity index (χ3n) is 5.12. The number of carbonyl (C=O) groups is 1. The van der Waals surface area contributed by atoms with Gasteiger partial charge in [-0.1, -0.05) is 31.2 Å². The minimum absolute atomic E-state index is 0.0659. The molecule has 0 aliphatic carbocycles. The van der Waals surface area contributed by atoms with Crippen LogP contribution < -0.4 is 4.74 Å². The lowest BCUT2D eigenvalue weighted by Crippen LogP contribution is -2.33. The SMILES string of the molecule is CCc1nn(-c2ccccc2)c(Oc2cccc(F)c2)c1CCC(=O)N(C)C(C)C. The van der Waals surface area contributed by atoms with Gasteiger partial charge in [0.25, 0.3) is 0 Å². The minimum atomic E-state index is -0.371. The molecule has 0 N–H and O–H groups in total. The summed E-state index contributed by atoms with van der Waals surface area (Å²) in [6, 6.07) is 15.8. The lowest BCUT2D eigenvalue weighted by Gasteiger charge is -2.21. The Hall–Kier alpha value is -3.15. The van der Waals surface area contributed by atoms with E-state index in [1.807, 2.05) is 58.2 Å². The molecule has 5 nitrogen and oxygen atoms in total. The molecule has 2 aromatic carbocycles. The van der Waals surface area contributed by atoms with E-state index >= 15 is 0 Å². The highest BCUT2D eigenvalue weighted by Gasteiger charge is 2.22. The van der Waals surface area contributed by atoms with Gasteiger partial charge in [-0.15, -0.1) is 0 Å². The number of carbonyl (C=O) groups excluding carboxylic acids is 1. The Balaban J connectivity index is 2.01. The second-order valence-corrected chi connectivity index (χ2v) is 7.49. The predicted octanol–water partition coefficient (Wildman–Crippen LogP) is 5.17. The van der Waals surface area contributed by atoms with Gasteiger partial charge in [-0.3, -0.25) is 4.79 Å². The topological polar surface area (TPSA) is 47.4 Å². The number of aromatic nitrogens is 2. The fourth-order valence-electron chi connectivity index (χ4n) is 3.20. The first kappa shape index (κ1) is 21.6. The number of rotatable bonds is 8. The molecule has 0 fully saturated rings. The molecule has 0 bridgehead atoms. The van der Waals surface area contributed by atoms with Gasteiger partial charge in [0.15, 0.2) is 0 Å². The van der Waals surface area contributed by atoms with E-state index < -0.39 is 0 Å². The van der Waals surface area contributed by atoms with E-state index in [0.717, 1.165) is 16.9 Å². The van der Waals surface area contributed by atoms with E-state index in [1.54, 1.807) is 21.7 Å². The second kappa shape index (κ2) is 9.57. The first-order chi connectivity index (χ1) is 14.4. The van der Waals surface area contributed by atoms with Crippen LogP contribution in [0.4, 0.5) is 4.39 Å². The third kappa shape index (κ3) is 4.87. The standard InChI is InChI=1S/C24H28FN3O2/c1-5-22-21(14-15-23(29)27(4)17(2)3)24(30-20-13-9-10-18(25)16-20)28(26-22)19-11-7-6-8-12-19/h6-13,16-17H,5,14-15H2,1-4H3. The van der Waals surface area contributed by atoms with E-state index in [1.165, 1.54) is 12.1 Å². The monoisotopic (exact) mass is 409 g/mol. The molecular weight excluding hydrogens is 381 g/mol. The van der Waals surface area contributed by atoms with Crippen LogP contribution in [0.15, 0.2) is 54.6 Å². The first-order valence-corrected chi connectivity index (χ1v) is 10.3. The van der Waals surface area contributed by atoms with Crippen LogP contribution in [0.3, 0.4) is 0 Å². The molecular formula is C24H28FN3O2. The Labute approximate surface area is 177 Å². The quantitative estimate of drug-likeness (QED) is 0.516. The van der Waals surface area contributed by atoms with Gasteiger partial charge < -0.3 is 9.64 Å². The molecule has 0 saturated carbocycles. The fourth-order valence-corrected chi connectivity index (χ4v) is 3.20. The number of hydrogen-bond donors (Lipinski definition) is 0. The van der Waals surface area contributed by atoms with Gasteiger partial charge in [-0.05, 0) is 51.0 Å². The molecule has 1 aromatic heterocycles. The Morgan fingerprint density at radius 2 is 1.90 bits per heavy atom. The number of nitrogens with zero attached hydrogens (tertiary/aromatic N) is 3. The number of ether oxygens (including phenoxy) is 1. The van der Waals surface area contributed by atoms with E-state index in [2.05, 4.69) is 0 Å². The van der Waals surface area contributed by atoms with Gasteiger partial charge in [0.05, 0.1) is 11.4 Å². The van der Waals surface area contributed by atoms with Gasteiger partial charge in [0, 0.05) is 31.1 Å². The lowest BCUT2D eigenvalue weighted by molar-refractivity contribution is -0.131. The largest absolute Gasteiger partial charge is 0.439 e. The van der Waals surface area contributed by atoms with Crippen molar-refractivity contribution >= 4 is 5.91 Å². The molecule has 0 radical (unpaired) electrons. The number of aryl methyl sites for hydroxylation is 1. The summed E-state index contributed by atoms with van der Waals surface area (Å²) >= 11 is 0. The van der Waals surface area contributed by atoms with Crippen LogP contribution in [0.2, 0.25) is 0 Å². The maximum Gasteiger partial charge on any atom is 0.226 e. The van der Waals surface area contributed by atoms with Crippen LogP contribution in [0.25, 0.3) is 5.69 Å². The number of amides is 1. The summed E-state index contributed by atoms with van der Waals surface area (Å²) in [4.78, 5) is 14.3. The van der Waals surface area contributed by atoms with Crippen molar-refractivity contribution < 1.29 is 13.9 Å². The van der Waals surface area contributed by atoms with Crippen molar-refractivity contribution in [2.45, 2.75) is 46.1 Å². The molecule has 3 rings (SSSR count). The average Bonchev–Trinajstić information content (AvgIpc) is 3.09. The molecule has 6 heteroatoms. The van der Waals surface area contributed by atoms with Crippen molar-refractivity contribution in [3.05, 3.63) is 71.7 Å². The zero-order chi connectivity index (χ0) is 21.7. The van der Waals surface area contributed by atoms with E-state index in [9.17, 15) is 9.18 Å². The molecule has 30 heavy (non-hydrogen) atoms. The van der Waals surface area contributed by atoms with Crippen molar-refractivity contribution in [3.63, 3.8) is 0 Å². The summed E-state index contributed by atoms with van der Waals surface area (Å²) in [6.45, 7) is 6.00. The molecule has 0 atom stereocenters. The number of para-hydroxylation sites is 1. The Kier molecular flexibility index (Phi) is 6.87. The van der Waals surface area contributed by atoms with E-state index in [-0.39, 0.29) is 17.8 Å². The highest BCUT2D eigenvalue weighted by molar-refractivity contribution is 5.76.